The van der Waals surface area contributed by atoms with Gasteiger partial charge in [-0.3, -0.25) is 28.4 Å². The monoisotopic (exact) mass is 491 g/mol. The number of carbonyl (C=O) groups is 2. The molecule has 0 saturated heterocycles. The molecule has 3 N–H and O–H groups in total. The Balaban J connectivity index is 1.79. The van der Waals surface area contributed by atoms with Crippen LogP contribution >= 0.6 is 0 Å². The highest BCUT2D eigenvalue weighted by Crippen LogP contribution is 2.22. The average Bonchev–Trinajstić information content (AvgIpc) is 3.03. The number of sulfonamides is 1. The Morgan fingerprint density at radius 3 is 2.47 bits per heavy atom. The van der Waals surface area contributed by atoms with Crippen molar-refractivity contribution in [2.24, 2.45) is 18.0 Å². The Bertz CT molecular complexity index is 1420. The average molecular weight is 492 g/mol. The van der Waals surface area contributed by atoms with Crippen LogP contribution in [0.4, 0.5) is 5.82 Å². The van der Waals surface area contributed by atoms with Crippen molar-refractivity contribution in [3.05, 3.63) is 56.2 Å². The number of Topliss-reactive ketones (excluding diaryl/α,β-unsaturated/α-hetero) is 1. The maximum atomic E-state index is 12.7. The Kier molecular flexibility index (Phi) is 6.77. The summed E-state index contributed by atoms with van der Waals surface area (Å²) in [5.74, 6) is -2.11. The minimum absolute atomic E-state index is 0.0105. The van der Waals surface area contributed by atoms with E-state index in [2.05, 4.69) is 9.71 Å². The molecule has 34 heavy (non-hydrogen) atoms. The molecule has 0 saturated carbocycles. The molecule has 0 aliphatic carbocycles. The van der Waals surface area contributed by atoms with Crippen LogP contribution in [0.15, 0.2) is 43.7 Å². The first-order valence-electron chi connectivity index (χ1n) is 10.3. The third kappa shape index (κ3) is 4.64. The summed E-state index contributed by atoms with van der Waals surface area (Å²) in [6, 6.07) is 4.97. The standard InChI is InChI=1S/C21H25N5O7S/c1-11(2)9-26-17(22)16(19(28)25(4)21(26)30)14(27)10-33-20(29)12(3)23-18-13-7-5-6-8-15(13)34(31,32)24-18/h5-8,11-12H,9-10,22H2,1-4H3,(H,23,24). The number of hydrogen-bond acceptors (Lipinski definition) is 9. The van der Waals surface area contributed by atoms with Crippen LogP contribution in [0, 0.1) is 5.92 Å². The van der Waals surface area contributed by atoms with Crippen LogP contribution in [-0.4, -0.2) is 47.8 Å². The van der Waals surface area contributed by atoms with Gasteiger partial charge in [-0.1, -0.05) is 26.0 Å². The number of hydrogen-bond donors (Lipinski definition) is 2. The van der Waals surface area contributed by atoms with Crippen molar-refractivity contribution in [2.75, 3.05) is 12.3 Å². The summed E-state index contributed by atoms with van der Waals surface area (Å²) < 4.78 is 33.5. The van der Waals surface area contributed by atoms with Crippen LogP contribution in [0.2, 0.25) is 0 Å². The Hall–Kier alpha value is -3.74. The number of rotatable bonds is 7. The van der Waals surface area contributed by atoms with Gasteiger partial charge in [0, 0.05) is 19.2 Å². The van der Waals surface area contributed by atoms with E-state index < -0.39 is 51.2 Å². The number of fused-ring (bicyclic) bond motifs is 1. The van der Waals surface area contributed by atoms with E-state index in [1.54, 1.807) is 12.1 Å². The molecule has 12 nitrogen and oxygen atoms in total. The number of nitrogens with two attached hydrogens (primary N) is 1. The predicted octanol–water partition coefficient (Wildman–Crippen LogP) is -0.362. The molecule has 3 rings (SSSR count). The number of nitrogens with one attached hydrogen (secondary N) is 1. The number of nitrogen functional groups attached to an aromatic ring is 1. The molecule has 0 bridgehead atoms. The molecule has 1 aliphatic rings. The van der Waals surface area contributed by atoms with Crippen molar-refractivity contribution >= 4 is 33.4 Å². The normalized spacial score (nSPS) is 16.2. The second-order valence-electron chi connectivity index (χ2n) is 8.20. The van der Waals surface area contributed by atoms with E-state index in [0.717, 1.165) is 9.13 Å². The highest BCUT2D eigenvalue weighted by molar-refractivity contribution is 7.90. The van der Waals surface area contributed by atoms with E-state index in [9.17, 15) is 27.6 Å². The summed E-state index contributed by atoms with van der Waals surface area (Å²) in [5, 5.41) is 0. The zero-order valence-electron chi connectivity index (χ0n) is 19.1. The van der Waals surface area contributed by atoms with Gasteiger partial charge in [-0.2, -0.15) is 0 Å². The van der Waals surface area contributed by atoms with Crippen molar-refractivity contribution in [1.29, 1.82) is 0 Å². The number of esters is 1. The minimum Gasteiger partial charge on any atom is -0.456 e. The Labute approximate surface area is 195 Å². The summed E-state index contributed by atoms with van der Waals surface area (Å²) in [4.78, 5) is 54.1. The van der Waals surface area contributed by atoms with E-state index in [0.29, 0.717) is 5.56 Å². The third-order valence-electron chi connectivity index (χ3n) is 5.08. The van der Waals surface area contributed by atoms with Crippen molar-refractivity contribution in [3.8, 4) is 0 Å². The molecule has 0 fully saturated rings. The number of aliphatic imine (C=N–C) groups is 1. The molecule has 0 amide bonds. The van der Waals surface area contributed by atoms with Crippen molar-refractivity contribution in [1.82, 2.24) is 13.9 Å². The lowest BCUT2D eigenvalue weighted by Crippen LogP contribution is -2.43. The van der Waals surface area contributed by atoms with Crippen molar-refractivity contribution in [3.63, 3.8) is 0 Å². The third-order valence-corrected chi connectivity index (χ3v) is 6.48. The van der Waals surface area contributed by atoms with Gasteiger partial charge in [0.05, 0.1) is 4.90 Å². The first kappa shape index (κ1) is 24.9. The predicted molar refractivity (Wildman–Crippen MR) is 123 cm³/mol. The summed E-state index contributed by atoms with van der Waals surface area (Å²) >= 11 is 0. The molecular formula is C21H25N5O7S. The van der Waals surface area contributed by atoms with Crippen LogP contribution in [0.1, 0.15) is 36.7 Å². The number of amidine groups is 1. The van der Waals surface area contributed by atoms with Gasteiger partial charge < -0.3 is 10.5 Å². The quantitative estimate of drug-likeness (QED) is 0.390. The fourth-order valence-electron chi connectivity index (χ4n) is 3.39. The van der Waals surface area contributed by atoms with E-state index in [4.69, 9.17) is 10.5 Å². The lowest BCUT2D eigenvalue weighted by atomic mass is 10.1. The zero-order valence-corrected chi connectivity index (χ0v) is 19.9. The molecular weight excluding hydrogens is 466 g/mol. The molecule has 2 heterocycles. The number of ether oxygens (including phenoxy) is 1. The first-order chi connectivity index (χ1) is 15.8. The van der Waals surface area contributed by atoms with E-state index in [1.807, 2.05) is 13.8 Å². The fourth-order valence-corrected chi connectivity index (χ4v) is 4.63. The SMILES string of the molecule is CC(C)Cn1c(N)c(C(=O)COC(=O)C(C)N=C2NS(=O)(=O)c3ccccc32)c(=O)n(C)c1=O. The van der Waals surface area contributed by atoms with Gasteiger partial charge >= 0.3 is 11.7 Å². The lowest BCUT2D eigenvalue weighted by Gasteiger charge is -2.16. The van der Waals surface area contributed by atoms with Crippen LogP contribution < -0.4 is 21.7 Å². The second-order valence-corrected chi connectivity index (χ2v) is 9.85. The molecule has 1 aromatic carbocycles. The van der Waals surface area contributed by atoms with Crippen molar-refractivity contribution in [2.45, 2.75) is 38.3 Å². The molecule has 1 aromatic heterocycles. The van der Waals surface area contributed by atoms with Gasteiger partial charge in [-0.15, -0.1) is 0 Å². The molecule has 0 radical (unpaired) electrons. The van der Waals surface area contributed by atoms with Crippen LogP contribution in [0.5, 0.6) is 0 Å². The Morgan fingerprint density at radius 1 is 1.18 bits per heavy atom. The molecule has 2 aromatic rings. The topological polar surface area (TPSA) is 172 Å². The van der Waals surface area contributed by atoms with Gasteiger partial charge in [0.2, 0.25) is 5.78 Å². The molecule has 13 heteroatoms. The first-order valence-corrected chi connectivity index (χ1v) is 11.8. The highest BCUT2D eigenvalue weighted by atomic mass is 32.2. The van der Waals surface area contributed by atoms with Gasteiger partial charge in [-0.25, -0.2) is 18.0 Å². The van der Waals surface area contributed by atoms with Crippen LogP contribution in [0.3, 0.4) is 0 Å². The summed E-state index contributed by atoms with van der Waals surface area (Å²) in [6.07, 6.45) is 0. The lowest BCUT2D eigenvalue weighted by molar-refractivity contribution is -0.143. The molecule has 1 aliphatic heterocycles. The fraction of sp³-hybridized carbons (Fsp3) is 0.381. The number of aromatic nitrogens is 2. The van der Waals surface area contributed by atoms with Crippen LogP contribution in [-0.2, 0) is 33.1 Å². The van der Waals surface area contributed by atoms with E-state index >= 15 is 0 Å². The summed E-state index contributed by atoms with van der Waals surface area (Å²) in [6.45, 7) is 4.42. The van der Waals surface area contributed by atoms with Gasteiger partial charge in [-0.05, 0) is 25.0 Å². The summed E-state index contributed by atoms with van der Waals surface area (Å²) in [5.41, 5.74) is 4.25. The number of carbonyl (C=O) groups excluding carboxylic acids is 2. The number of nitrogens with zero attached hydrogens (tertiary/aromatic N) is 3. The van der Waals surface area contributed by atoms with Gasteiger partial charge in [0.25, 0.3) is 15.6 Å². The second kappa shape index (κ2) is 9.25. The highest BCUT2D eigenvalue weighted by Gasteiger charge is 2.31. The van der Waals surface area contributed by atoms with Gasteiger partial charge in [0.15, 0.2) is 6.61 Å². The smallest absolute Gasteiger partial charge is 0.332 e. The Morgan fingerprint density at radius 2 is 1.82 bits per heavy atom. The minimum atomic E-state index is -3.78. The maximum absolute atomic E-state index is 12.7. The molecule has 0 spiro atoms. The number of benzene rings is 1. The molecule has 182 valence electrons. The van der Waals surface area contributed by atoms with Crippen LogP contribution in [0.25, 0.3) is 0 Å². The summed E-state index contributed by atoms with van der Waals surface area (Å²) in [7, 11) is -2.56. The molecule has 1 atom stereocenters. The van der Waals surface area contributed by atoms with Crippen molar-refractivity contribution < 1.29 is 22.7 Å². The number of ketones is 1. The van der Waals surface area contributed by atoms with E-state index in [1.165, 1.54) is 26.1 Å². The van der Waals surface area contributed by atoms with Gasteiger partial charge in [0.1, 0.15) is 23.3 Å². The van der Waals surface area contributed by atoms with E-state index in [-0.39, 0.29) is 29.0 Å². The molecule has 1 unspecified atom stereocenters. The maximum Gasteiger partial charge on any atom is 0.332 e. The zero-order chi connectivity index (χ0) is 25.4. The number of anilines is 1. The largest absolute Gasteiger partial charge is 0.456 e.